The van der Waals surface area contributed by atoms with Crippen LogP contribution in [-0.4, -0.2) is 29.8 Å². The predicted molar refractivity (Wildman–Crippen MR) is 70.9 cm³/mol. The van der Waals surface area contributed by atoms with Gasteiger partial charge in [-0.25, -0.2) is 0 Å². The van der Waals surface area contributed by atoms with E-state index in [-0.39, 0.29) is 5.78 Å². The first-order valence-corrected chi connectivity index (χ1v) is 6.00. The van der Waals surface area contributed by atoms with Crippen molar-refractivity contribution in [3.8, 4) is 11.5 Å². The van der Waals surface area contributed by atoms with Crippen LogP contribution in [0.15, 0.2) is 30.5 Å². The summed E-state index contributed by atoms with van der Waals surface area (Å²) in [7, 11) is 3.06. The number of benzene rings is 1. The molecule has 1 aromatic heterocycles. The fraction of sp³-hybridized carbons (Fsp3) is 0.286. The molecule has 2 rings (SSSR count). The third-order valence-electron chi connectivity index (χ3n) is 2.90. The Kier molecular flexibility index (Phi) is 3.85. The van der Waals surface area contributed by atoms with Crippen molar-refractivity contribution in [1.82, 2.24) is 9.78 Å². The molecule has 0 atom stereocenters. The molecule has 0 fully saturated rings. The Morgan fingerprint density at radius 3 is 2.68 bits per heavy atom. The molecule has 1 heterocycles. The highest BCUT2D eigenvalue weighted by molar-refractivity contribution is 6.10. The van der Waals surface area contributed by atoms with Crippen LogP contribution in [0.2, 0.25) is 0 Å². The molecule has 0 aliphatic carbocycles. The van der Waals surface area contributed by atoms with E-state index in [0.29, 0.717) is 29.3 Å². The highest BCUT2D eigenvalue weighted by Crippen LogP contribution is 2.32. The fourth-order valence-electron chi connectivity index (χ4n) is 1.98. The van der Waals surface area contributed by atoms with Crippen molar-refractivity contribution >= 4 is 5.78 Å². The molecule has 0 aliphatic heterocycles. The van der Waals surface area contributed by atoms with Crippen molar-refractivity contribution in [2.24, 2.45) is 0 Å². The van der Waals surface area contributed by atoms with Crippen molar-refractivity contribution in [2.75, 3.05) is 14.2 Å². The Bertz CT molecular complexity index is 590. The second-order valence-electron chi connectivity index (χ2n) is 3.90. The van der Waals surface area contributed by atoms with E-state index in [2.05, 4.69) is 5.10 Å². The molecular weight excluding hydrogens is 244 g/mol. The minimum absolute atomic E-state index is 0.130. The summed E-state index contributed by atoms with van der Waals surface area (Å²) in [6.45, 7) is 2.58. The summed E-state index contributed by atoms with van der Waals surface area (Å²) in [5.74, 6) is 0.852. The zero-order valence-electron chi connectivity index (χ0n) is 11.2. The number of nitrogens with zero attached hydrogens (tertiary/aromatic N) is 2. The standard InChI is InChI=1S/C14H16N2O3/c1-4-16-11(8-9-15-16)13(17)10-6-5-7-12(18-2)14(10)19-3/h5-9H,4H2,1-3H3. The van der Waals surface area contributed by atoms with E-state index in [1.54, 1.807) is 42.3 Å². The SMILES string of the molecule is CCn1nccc1C(=O)c1cccc(OC)c1OC. The molecule has 0 saturated heterocycles. The Balaban J connectivity index is 2.50. The smallest absolute Gasteiger partial charge is 0.214 e. The number of hydrogen-bond donors (Lipinski definition) is 0. The molecule has 100 valence electrons. The highest BCUT2D eigenvalue weighted by Gasteiger charge is 2.20. The van der Waals surface area contributed by atoms with E-state index >= 15 is 0 Å². The lowest BCUT2D eigenvalue weighted by Crippen LogP contribution is -2.12. The van der Waals surface area contributed by atoms with Crippen LogP contribution in [0, 0.1) is 0 Å². The lowest BCUT2D eigenvalue weighted by molar-refractivity contribution is 0.102. The van der Waals surface area contributed by atoms with Gasteiger partial charge in [0.05, 0.1) is 19.8 Å². The van der Waals surface area contributed by atoms with E-state index in [9.17, 15) is 4.79 Å². The maximum atomic E-state index is 12.5. The average Bonchev–Trinajstić information content (AvgIpc) is 2.93. The van der Waals surface area contributed by atoms with Crippen LogP contribution in [-0.2, 0) is 6.54 Å². The Morgan fingerprint density at radius 2 is 2.05 bits per heavy atom. The van der Waals surface area contributed by atoms with Gasteiger partial charge >= 0.3 is 0 Å². The number of methoxy groups -OCH3 is 2. The molecule has 5 nitrogen and oxygen atoms in total. The number of para-hydroxylation sites is 1. The van der Waals surface area contributed by atoms with Crippen LogP contribution >= 0.6 is 0 Å². The summed E-state index contributed by atoms with van der Waals surface area (Å²) in [5, 5.41) is 4.10. The van der Waals surface area contributed by atoms with E-state index in [4.69, 9.17) is 9.47 Å². The van der Waals surface area contributed by atoms with E-state index < -0.39 is 0 Å². The van der Waals surface area contributed by atoms with Gasteiger partial charge in [-0.2, -0.15) is 5.10 Å². The van der Waals surface area contributed by atoms with E-state index in [0.717, 1.165) is 0 Å². The summed E-state index contributed by atoms with van der Waals surface area (Å²) in [6.07, 6.45) is 1.61. The number of carbonyl (C=O) groups is 1. The van der Waals surface area contributed by atoms with Crippen LogP contribution in [0.25, 0.3) is 0 Å². The third kappa shape index (κ3) is 2.31. The Morgan fingerprint density at radius 1 is 1.26 bits per heavy atom. The molecule has 19 heavy (non-hydrogen) atoms. The number of aromatic nitrogens is 2. The number of carbonyl (C=O) groups excluding carboxylic acids is 1. The second kappa shape index (κ2) is 5.56. The molecule has 5 heteroatoms. The van der Waals surface area contributed by atoms with Crippen molar-refractivity contribution in [3.63, 3.8) is 0 Å². The Labute approximate surface area is 111 Å². The number of ether oxygens (including phenoxy) is 2. The zero-order valence-corrected chi connectivity index (χ0v) is 11.2. The van der Waals surface area contributed by atoms with Crippen LogP contribution in [0.1, 0.15) is 23.0 Å². The monoisotopic (exact) mass is 260 g/mol. The fourth-order valence-corrected chi connectivity index (χ4v) is 1.98. The summed E-state index contributed by atoms with van der Waals surface area (Å²) < 4.78 is 12.1. The quantitative estimate of drug-likeness (QED) is 0.773. The molecule has 2 aromatic rings. The molecule has 0 aliphatic rings. The van der Waals surface area contributed by atoms with Crippen molar-refractivity contribution in [2.45, 2.75) is 13.5 Å². The summed E-state index contributed by atoms with van der Waals surface area (Å²) in [5.41, 5.74) is 1.01. The summed E-state index contributed by atoms with van der Waals surface area (Å²) in [4.78, 5) is 12.5. The molecular formula is C14H16N2O3. The van der Waals surface area contributed by atoms with Crippen LogP contribution < -0.4 is 9.47 Å². The van der Waals surface area contributed by atoms with Crippen LogP contribution in [0.4, 0.5) is 0 Å². The first-order chi connectivity index (χ1) is 9.22. The number of aryl methyl sites for hydroxylation is 1. The van der Waals surface area contributed by atoms with Gasteiger partial charge in [0.15, 0.2) is 11.5 Å². The number of ketones is 1. The minimum atomic E-state index is -0.130. The van der Waals surface area contributed by atoms with Gasteiger partial charge in [0.2, 0.25) is 5.78 Å². The number of hydrogen-bond acceptors (Lipinski definition) is 4. The van der Waals surface area contributed by atoms with Crippen LogP contribution in [0.5, 0.6) is 11.5 Å². The zero-order chi connectivity index (χ0) is 13.8. The lowest BCUT2D eigenvalue weighted by Gasteiger charge is -2.12. The predicted octanol–water partition coefficient (Wildman–Crippen LogP) is 2.15. The third-order valence-corrected chi connectivity index (χ3v) is 2.90. The van der Waals surface area contributed by atoms with Gasteiger partial charge in [-0.3, -0.25) is 9.48 Å². The van der Waals surface area contributed by atoms with E-state index in [1.807, 2.05) is 6.92 Å². The van der Waals surface area contributed by atoms with E-state index in [1.165, 1.54) is 7.11 Å². The van der Waals surface area contributed by atoms with Gasteiger partial charge in [0.1, 0.15) is 5.69 Å². The average molecular weight is 260 g/mol. The van der Waals surface area contributed by atoms with Crippen molar-refractivity contribution in [1.29, 1.82) is 0 Å². The molecule has 0 bridgehead atoms. The van der Waals surface area contributed by atoms with Gasteiger partial charge in [-0.05, 0) is 25.1 Å². The van der Waals surface area contributed by atoms with Gasteiger partial charge in [0.25, 0.3) is 0 Å². The highest BCUT2D eigenvalue weighted by atomic mass is 16.5. The maximum Gasteiger partial charge on any atom is 0.214 e. The summed E-state index contributed by atoms with van der Waals surface area (Å²) in [6, 6.07) is 6.94. The molecule has 0 spiro atoms. The number of rotatable bonds is 5. The molecule has 0 radical (unpaired) electrons. The topological polar surface area (TPSA) is 53.4 Å². The van der Waals surface area contributed by atoms with Gasteiger partial charge in [-0.15, -0.1) is 0 Å². The second-order valence-corrected chi connectivity index (χ2v) is 3.90. The maximum absolute atomic E-state index is 12.5. The first kappa shape index (κ1) is 13.1. The van der Waals surface area contributed by atoms with Crippen molar-refractivity contribution < 1.29 is 14.3 Å². The van der Waals surface area contributed by atoms with Crippen LogP contribution in [0.3, 0.4) is 0 Å². The first-order valence-electron chi connectivity index (χ1n) is 6.00. The van der Waals surface area contributed by atoms with Crippen molar-refractivity contribution in [3.05, 3.63) is 41.7 Å². The largest absolute Gasteiger partial charge is 0.493 e. The molecule has 0 N–H and O–H groups in total. The van der Waals surface area contributed by atoms with Gasteiger partial charge < -0.3 is 9.47 Å². The minimum Gasteiger partial charge on any atom is -0.493 e. The molecule has 0 saturated carbocycles. The molecule has 1 aromatic carbocycles. The van der Waals surface area contributed by atoms with Gasteiger partial charge in [0, 0.05) is 12.7 Å². The Hall–Kier alpha value is -2.30. The summed E-state index contributed by atoms with van der Waals surface area (Å²) >= 11 is 0. The van der Waals surface area contributed by atoms with Gasteiger partial charge in [-0.1, -0.05) is 6.07 Å². The molecule has 0 unspecified atom stereocenters. The normalized spacial score (nSPS) is 10.3. The molecule has 0 amide bonds. The lowest BCUT2D eigenvalue weighted by atomic mass is 10.1.